The first-order valence-electron chi connectivity index (χ1n) is 10.9. The van der Waals surface area contributed by atoms with Crippen LogP contribution in [-0.2, 0) is 6.42 Å². The Bertz CT molecular complexity index is 779. The van der Waals surface area contributed by atoms with Gasteiger partial charge in [0.25, 0.3) is 0 Å². The maximum absolute atomic E-state index is 4.92. The van der Waals surface area contributed by atoms with Gasteiger partial charge in [-0.15, -0.1) is 0 Å². The second kappa shape index (κ2) is 8.30. The van der Waals surface area contributed by atoms with Gasteiger partial charge >= 0.3 is 0 Å². The van der Waals surface area contributed by atoms with Crippen LogP contribution in [0.3, 0.4) is 0 Å². The average molecular weight is 380 g/mol. The third-order valence-corrected chi connectivity index (χ3v) is 8.10. The van der Waals surface area contributed by atoms with Gasteiger partial charge in [-0.3, -0.25) is 4.98 Å². The summed E-state index contributed by atoms with van der Waals surface area (Å²) in [5.74, 6) is 1.44. The first kappa shape index (κ1) is 20.3. The largest absolute Gasteiger partial charge is 0.256 e. The number of hydrogen-bond acceptors (Lipinski definition) is 1. The Morgan fingerprint density at radius 3 is 2.33 bits per heavy atom. The minimum absolute atomic E-state index is 0.671. The summed E-state index contributed by atoms with van der Waals surface area (Å²) in [4.78, 5) is 4.92. The number of aromatic nitrogens is 1. The van der Waals surface area contributed by atoms with Gasteiger partial charge in [0.15, 0.2) is 0 Å². The number of benzene rings is 1. The molecule has 3 rings (SSSR count). The average Bonchev–Trinajstić information content (AvgIpc) is 2.61. The molecule has 0 bridgehead atoms. The van der Waals surface area contributed by atoms with Crippen molar-refractivity contribution in [1.29, 1.82) is 0 Å². The van der Waals surface area contributed by atoms with Crippen LogP contribution >= 0.6 is 0 Å². The summed E-state index contributed by atoms with van der Waals surface area (Å²) in [7, 11) is -1.38. The van der Waals surface area contributed by atoms with Crippen LogP contribution in [0.25, 0.3) is 11.3 Å². The van der Waals surface area contributed by atoms with Crippen LogP contribution < -0.4 is 5.19 Å². The molecule has 1 aromatic heterocycles. The number of pyridine rings is 1. The zero-order valence-corrected chi connectivity index (χ0v) is 19.2. The van der Waals surface area contributed by atoms with Crippen LogP contribution in [-0.4, -0.2) is 13.1 Å². The van der Waals surface area contributed by atoms with Crippen molar-refractivity contribution in [3.8, 4) is 11.3 Å². The van der Waals surface area contributed by atoms with Gasteiger partial charge in [0.1, 0.15) is 0 Å². The van der Waals surface area contributed by atoms with E-state index < -0.39 is 8.07 Å². The molecule has 2 aromatic rings. The van der Waals surface area contributed by atoms with Gasteiger partial charge in [-0.25, -0.2) is 0 Å². The van der Waals surface area contributed by atoms with Crippen molar-refractivity contribution in [1.82, 2.24) is 4.98 Å². The molecule has 1 nitrogen and oxygen atoms in total. The summed E-state index contributed by atoms with van der Waals surface area (Å²) < 4.78 is 0. The van der Waals surface area contributed by atoms with Crippen molar-refractivity contribution >= 4 is 13.3 Å². The van der Waals surface area contributed by atoms with E-state index in [1.54, 1.807) is 0 Å². The molecule has 1 aliphatic rings. The van der Waals surface area contributed by atoms with Crippen molar-refractivity contribution in [3.63, 3.8) is 0 Å². The predicted octanol–water partition coefficient (Wildman–Crippen LogP) is 6.85. The number of hydrogen-bond donors (Lipinski definition) is 0. The lowest BCUT2D eigenvalue weighted by Gasteiger charge is -2.24. The molecule has 0 atom stereocenters. The molecule has 0 saturated heterocycles. The van der Waals surface area contributed by atoms with Gasteiger partial charge in [0, 0.05) is 11.8 Å². The molecule has 0 N–H and O–H groups in total. The number of aryl methyl sites for hydroxylation is 1. The van der Waals surface area contributed by atoms with Crippen LogP contribution in [0.2, 0.25) is 19.6 Å². The van der Waals surface area contributed by atoms with Crippen LogP contribution in [0.5, 0.6) is 0 Å². The Morgan fingerprint density at radius 2 is 1.74 bits per heavy atom. The van der Waals surface area contributed by atoms with Crippen molar-refractivity contribution in [2.24, 2.45) is 5.92 Å². The smallest absolute Gasteiger partial charge is 0.0799 e. The monoisotopic (exact) mass is 379 g/mol. The van der Waals surface area contributed by atoms with Gasteiger partial charge in [0.2, 0.25) is 0 Å². The number of rotatable bonds is 5. The molecule has 27 heavy (non-hydrogen) atoms. The molecular formula is C25H37NSi. The van der Waals surface area contributed by atoms with E-state index in [0.29, 0.717) is 5.92 Å². The van der Waals surface area contributed by atoms with Crippen LogP contribution in [0, 0.1) is 12.8 Å². The van der Waals surface area contributed by atoms with Gasteiger partial charge in [-0.1, -0.05) is 71.0 Å². The molecular weight excluding hydrogens is 342 g/mol. The fourth-order valence-corrected chi connectivity index (χ4v) is 6.18. The second-order valence-corrected chi connectivity index (χ2v) is 15.0. The minimum atomic E-state index is -1.38. The molecule has 1 aliphatic carbocycles. The Balaban J connectivity index is 1.95. The van der Waals surface area contributed by atoms with Crippen molar-refractivity contribution in [2.45, 2.75) is 84.9 Å². The summed E-state index contributed by atoms with van der Waals surface area (Å²) in [5, 5.41) is 1.52. The summed E-state index contributed by atoms with van der Waals surface area (Å²) >= 11 is 0. The van der Waals surface area contributed by atoms with E-state index in [0.717, 1.165) is 18.0 Å². The van der Waals surface area contributed by atoms with E-state index in [2.05, 4.69) is 70.9 Å². The van der Waals surface area contributed by atoms with Crippen LogP contribution in [0.1, 0.15) is 68.6 Å². The molecule has 0 radical (unpaired) electrons. The van der Waals surface area contributed by atoms with Crippen molar-refractivity contribution in [2.75, 3.05) is 0 Å². The van der Waals surface area contributed by atoms with Gasteiger partial charge in [-0.2, -0.15) is 0 Å². The molecule has 0 amide bonds. The molecule has 0 unspecified atom stereocenters. The Morgan fingerprint density at radius 1 is 1.04 bits per heavy atom. The molecule has 1 aromatic carbocycles. The second-order valence-electron chi connectivity index (χ2n) is 9.98. The fourth-order valence-electron chi connectivity index (χ4n) is 4.59. The Kier molecular flexibility index (Phi) is 6.25. The lowest BCUT2D eigenvalue weighted by atomic mass is 9.83. The first-order valence-corrected chi connectivity index (χ1v) is 14.4. The lowest BCUT2D eigenvalue weighted by Crippen LogP contribution is -2.40. The van der Waals surface area contributed by atoms with Crippen molar-refractivity contribution < 1.29 is 0 Å². The van der Waals surface area contributed by atoms with Crippen LogP contribution in [0.15, 0.2) is 30.5 Å². The van der Waals surface area contributed by atoms with Crippen molar-refractivity contribution in [3.05, 3.63) is 47.2 Å². The highest BCUT2D eigenvalue weighted by Gasteiger charge is 2.22. The zero-order chi connectivity index (χ0) is 19.6. The summed E-state index contributed by atoms with van der Waals surface area (Å²) in [5.41, 5.74) is 6.89. The molecule has 1 fully saturated rings. The highest BCUT2D eigenvalue weighted by Crippen LogP contribution is 2.34. The van der Waals surface area contributed by atoms with Crippen LogP contribution in [0.4, 0.5) is 0 Å². The molecule has 1 heterocycles. The normalized spacial score (nSPS) is 16.1. The molecule has 0 aliphatic heterocycles. The lowest BCUT2D eigenvalue weighted by molar-refractivity contribution is 0.443. The quantitative estimate of drug-likeness (QED) is 0.518. The molecule has 0 spiro atoms. The molecule has 2 heteroatoms. The zero-order valence-electron chi connectivity index (χ0n) is 18.2. The van der Waals surface area contributed by atoms with Gasteiger partial charge in [-0.05, 0) is 66.0 Å². The summed E-state index contributed by atoms with van der Waals surface area (Å²) in [6.45, 7) is 14.2. The summed E-state index contributed by atoms with van der Waals surface area (Å²) in [6, 6.07) is 9.52. The van der Waals surface area contributed by atoms with E-state index in [1.165, 1.54) is 59.5 Å². The van der Waals surface area contributed by atoms with Gasteiger partial charge < -0.3 is 0 Å². The Hall–Kier alpha value is -1.41. The van der Waals surface area contributed by atoms with E-state index in [9.17, 15) is 0 Å². The third kappa shape index (κ3) is 4.90. The SMILES string of the molecule is Cc1cc(C2CCCCC2)ccc1-c1cc(CC(C)C)c([Si](C)(C)C)cn1. The third-order valence-electron chi connectivity index (χ3n) is 6.03. The standard InChI is InChI=1S/C25H37NSi/c1-18(2)14-22-16-24(26-17-25(22)27(4,5)6)23-13-12-21(15-19(23)3)20-10-8-7-9-11-20/h12-13,15-18,20H,7-11,14H2,1-6H3. The fraction of sp³-hybridized carbons (Fsp3) is 0.560. The van der Waals surface area contributed by atoms with E-state index in [4.69, 9.17) is 4.98 Å². The Labute approximate surface area is 167 Å². The maximum Gasteiger partial charge on any atom is 0.0799 e. The highest BCUT2D eigenvalue weighted by atomic mass is 28.3. The van der Waals surface area contributed by atoms with E-state index >= 15 is 0 Å². The van der Waals surface area contributed by atoms with E-state index in [-0.39, 0.29) is 0 Å². The topological polar surface area (TPSA) is 12.9 Å². The molecule has 1 saturated carbocycles. The van der Waals surface area contributed by atoms with E-state index in [1.807, 2.05) is 0 Å². The highest BCUT2D eigenvalue weighted by molar-refractivity contribution is 6.89. The summed E-state index contributed by atoms with van der Waals surface area (Å²) in [6.07, 6.45) is 10.3. The molecule has 146 valence electrons. The number of nitrogens with zero attached hydrogens (tertiary/aromatic N) is 1. The first-order chi connectivity index (χ1) is 12.8. The van der Waals surface area contributed by atoms with Gasteiger partial charge in [0.05, 0.1) is 13.8 Å². The maximum atomic E-state index is 4.92. The minimum Gasteiger partial charge on any atom is -0.256 e. The predicted molar refractivity (Wildman–Crippen MR) is 122 cm³/mol.